The molecule has 0 aromatic carbocycles. The van der Waals surface area contributed by atoms with E-state index in [4.69, 9.17) is 21.1 Å². The summed E-state index contributed by atoms with van der Waals surface area (Å²) >= 11 is 5.38. The Kier molecular flexibility index (Phi) is 7.18. The van der Waals surface area contributed by atoms with Crippen LogP contribution >= 0.6 is 11.6 Å². The third-order valence-electron chi connectivity index (χ3n) is 3.31. The van der Waals surface area contributed by atoms with Crippen molar-refractivity contribution in [3.05, 3.63) is 62.0 Å². The zero-order chi connectivity index (χ0) is 18.9. The fourth-order valence-corrected chi connectivity index (χ4v) is 2.10. The molecule has 0 bridgehead atoms. The summed E-state index contributed by atoms with van der Waals surface area (Å²) in [7, 11) is 0. The Morgan fingerprint density at radius 3 is 2.04 bits per heavy atom. The Labute approximate surface area is 153 Å². The number of rotatable bonds is 4. The van der Waals surface area contributed by atoms with Crippen LogP contribution in [-0.2, 0) is 4.74 Å². The highest BCUT2D eigenvalue weighted by atomic mass is 35.5. The van der Waals surface area contributed by atoms with Gasteiger partial charge in [0.15, 0.2) is 0 Å². The molecule has 10 nitrogen and oxygen atoms in total. The maximum absolute atomic E-state index is 10.4. The van der Waals surface area contributed by atoms with E-state index < -0.39 is 9.85 Å². The molecule has 0 amide bonds. The monoisotopic (exact) mass is 382 g/mol. The van der Waals surface area contributed by atoms with Crippen molar-refractivity contribution in [2.45, 2.75) is 18.9 Å². The molecule has 1 saturated heterocycles. The maximum Gasteiger partial charge on any atom is 0.287 e. The Morgan fingerprint density at radius 1 is 1.00 bits per heavy atom. The largest absolute Gasteiger partial charge is 0.474 e. The van der Waals surface area contributed by atoms with Crippen molar-refractivity contribution < 1.29 is 19.3 Å². The summed E-state index contributed by atoms with van der Waals surface area (Å²) in [4.78, 5) is 26.9. The summed E-state index contributed by atoms with van der Waals surface area (Å²) in [6.07, 6.45) is 4.08. The van der Waals surface area contributed by atoms with Gasteiger partial charge in [-0.15, -0.1) is 0 Å². The van der Waals surface area contributed by atoms with E-state index in [9.17, 15) is 20.2 Å². The van der Waals surface area contributed by atoms with Crippen LogP contribution in [0.4, 0.5) is 11.4 Å². The Bertz CT molecular complexity index is 735. The molecular formula is C15H15ClN4O6. The Balaban J connectivity index is 0.000000209. The van der Waals surface area contributed by atoms with Crippen LogP contribution in [0, 0.1) is 20.2 Å². The minimum absolute atomic E-state index is 0.0284. The number of aromatic nitrogens is 2. The molecule has 1 fully saturated rings. The zero-order valence-corrected chi connectivity index (χ0v) is 14.2. The van der Waals surface area contributed by atoms with Crippen LogP contribution in [0.2, 0.25) is 5.15 Å². The number of nitrogens with zero attached hydrogens (tertiary/aromatic N) is 4. The molecule has 2 aromatic rings. The molecule has 0 radical (unpaired) electrons. The number of nitro groups is 2. The van der Waals surface area contributed by atoms with E-state index in [1.54, 1.807) is 0 Å². The average Bonchev–Trinajstić information content (AvgIpc) is 2.64. The summed E-state index contributed by atoms with van der Waals surface area (Å²) in [5.74, 6) is 0.428. The van der Waals surface area contributed by atoms with E-state index in [0.717, 1.165) is 19.0 Å². The lowest BCUT2D eigenvalue weighted by atomic mass is 10.1. The van der Waals surface area contributed by atoms with Crippen LogP contribution in [0.25, 0.3) is 0 Å². The van der Waals surface area contributed by atoms with E-state index in [0.29, 0.717) is 19.1 Å². The molecule has 0 saturated carbocycles. The number of ether oxygens (including phenoxy) is 2. The highest BCUT2D eigenvalue weighted by Gasteiger charge is 2.16. The maximum atomic E-state index is 10.4. The van der Waals surface area contributed by atoms with Crippen LogP contribution in [0.5, 0.6) is 5.88 Å². The third kappa shape index (κ3) is 6.22. The van der Waals surface area contributed by atoms with Gasteiger partial charge in [-0.25, -0.2) is 9.97 Å². The smallest absolute Gasteiger partial charge is 0.287 e. The van der Waals surface area contributed by atoms with Gasteiger partial charge < -0.3 is 9.47 Å². The van der Waals surface area contributed by atoms with Crippen LogP contribution in [0.1, 0.15) is 12.8 Å². The van der Waals surface area contributed by atoms with Crippen molar-refractivity contribution in [2.24, 2.45) is 0 Å². The van der Waals surface area contributed by atoms with Gasteiger partial charge in [0.25, 0.3) is 11.4 Å². The summed E-state index contributed by atoms with van der Waals surface area (Å²) in [5.41, 5.74) is -0.0799. The Hall–Kier alpha value is -2.85. The fraction of sp³-hybridized carbons (Fsp3) is 0.333. The lowest BCUT2D eigenvalue weighted by Gasteiger charge is -2.22. The molecule has 1 aliphatic rings. The molecule has 2 aromatic heterocycles. The molecule has 0 atom stereocenters. The number of hydrogen-bond acceptors (Lipinski definition) is 8. The second kappa shape index (κ2) is 9.59. The molecule has 0 unspecified atom stereocenters. The zero-order valence-electron chi connectivity index (χ0n) is 13.5. The molecule has 3 heterocycles. The topological polar surface area (TPSA) is 131 Å². The first-order valence-electron chi connectivity index (χ1n) is 7.56. The van der Waals surface area contributed by atoms with Crippen molar-refractivity contribution in [2.75, 3.05) is 13.2 Å². The molecule has 138 valence electrons. The van der Waals surface area contributed by atoms with E-state index in [-0.39, 0.29) is 22.6 Å². The number of pyridine rings is 2. The van der Waals surface area contributed by atoms with Gasteiger partial charge in [-0.3, -0.25) is 20.2 Å². The van der Waals surface area contributed by atoms with Crippen LogP contribution in [-0.4, -0.2) is 39.1 Å². The number of halogens is 1. The molecule has 0 aliphatic carbocycles. The van der Waals surface area contributed by atoms with Crippen LogP contribution in [0.15, 0.2) is 36.7 Å². The first kappa shape index (κ1) is 19.5. The van der Waals surface area contributed by atoms with Crippen molar-refractivity contribution in [3.63, 3.8) is 0 Å². The first-order valence-corrected chi connectivity index (χ1v) is 7.94. The van der Waals surface area contributed by atoms with Crippen molar-refractivity contribution in [1.82, 2.24) is 9.97 Å². The molecule has 11 heteroatoms. The highest BCUT2D eigenvalue weighted by Crippen LogP contribution is 2.18. The summed E-state index contributed by atoms with van der Waals surface area (Å²) in [6, 6.07) is 5.59. The van der Waals surface area contributed by atoms with Crippen molar-refractivity contribution in [3.8, 4) is 5.88 Å². The third-order valence-corrected chi connectivity index (χ3v) is 3.53. The molecule has 0 spiro atoms. The summed E-state index contributed by atoms with van der Waals surface area (Å²) in [5, 5.41) is 20.7. The predicted molar refractivity (Wildman–Crippen MR) is 91.3 cm³/mol. The van der Waals surface area contributed by atoms with Crippen LogP contribution in [0.3, 0.4) is 0 Å². The van der Waals surface area contributed by atoms with Gasteiger partial charge in [-0.05, 0) is 6.07 Å². The second-order valence-electron chi connectivity index (χ2n) is 5.14. The van der Waals surface area contributed by atoms with Crippen molar-refractivity contribution >= 4 is 23.0 Å². The normalized spacial score (nSPS) is 14.0. The molecule has 1 aliphatic heterocycles. The van der Waals surface area contributed by atoms with Gasteiger partial charge in [-0.1, -0.05) is 11.6 Å². The molecule has 0 N–H and O–H groups in total. The van der Waals surface area contributed by atoms with Crippen molar-refractivity contribution in [1.29, 1.82) is 0 Å². The quantitative estimate of drug-likeness (QED) is 0.447. The van der Waals surface area contributed by atoms with E-state index in [1.165, 1.54) is 30.5 Å². The van der Waals surface area contributed by atoms with E-state index in [2.05, 4.69) is 9.97 Å². The van der Waals surface area contributed by atoms with Gasteiger partial charge in [0, 0.05) is 31.0 Å². The van der Waals surface area contributed by atoms with Gasteiger partial charge in [-0.2, -0.15) is 0 Å². The number of hydrogen-bond donors (Lipinski definition) is 0. The van der Waals surface area contributed by atoms with E-state index >= 15 is 0 Å². The fourth-order valence-electron chi connectivity index (χ4n) is 1.99. The average molecular weight is 383 g/mol. The van der Waals surface area contributed by atoms with Gasteiger partial charge in [0.1, 0.15) is 23.7 Å². The minimum Gasteiger partial charge on any atom is -0.474 e. The van der Waals surface area contributed by atoms with Crippen LogP contribution < -0.4 is 4.74 Å². The lowest BCUT2D eigenvalue weighted by Crippen LogP contribution is -2.26. The minimum atomic E-state index is -0.524. The molecule has 3 rings (SSSR count). The van der Waals surface area contributed by atoms with Gasteiger partial charge >= 0.3 is 0 Å². The second-order valence-corrected chi connectivity index (χ2v) is 5.52. The SMILES string of the molecule is O=[N+]([O-])c1ccc(Cl)nc1.O=[N+]([O-])c1ccc(OC2CCOCC2)nc1. The Morgan fingerprint density at radius 2 is 1.58 bits per heavy atom. The van der Waals surface area contributed by atoms with Gasteiger partial charge in [0.05, 0.1) is 23.1 Å². The highest BCUT2D eigenvalue weighted by molar-refractivity contribution is 6.29. The first-order chi connectivity index (χ1) is 12.5. The van der Waals surface area contributed by atoms with E-state index in [1.807, 2.05) is 0 Å². The standard InChI is InChI=1S/C10H12N2O4.C5H3ClN2O2/c13-12(14)8-1-2-10(11-7-8)16-9-3-5-15-6-4-9;6-5-2-1-4(3-7-5)8(9)10/h1-2,7,9H,3-6H2;1-3H. The molecular weight excluding hydrogens is 368 g/mol. The predicted octanol–water partition coefficient (Wildman–Crippen LogP) is 3.19. The summed E-state index contributed by atoms with van der Waals surface area (Å²) < 4.78 is 10.8. The van der Waals surface area contributed by atoms with Gasteiger partial charge in [0.2, 0.25) is 5.88 Å². The summed E-state index contributed by atoms with van der Waals surface area (Å²) in [6.45, 7) is 1.38. The molecule has 26 heavy (non-hydrogen) atoms. The lowest BCUT2D eigenvalue weighted by molar-refractivity contribution is -0.385.